The van der Waals surface area contributed by atoms with Crippen molar-refractivity contribution in [2.24, 2.45) is 10.9 Å². The van der Waals surface area contributed by atoms with Crippen LogP contribution in [0.25, 0.3) is 11.3 Å². The zero-order valence-electron chi connectivity index (χ0n) is 22.2. The molecule has 0 bridgehead atoms. The van der Waals surface area contributed by atoms with Gasteiger partial charge in [0.05, 0.1) is 24.1 Å². The van der Waals surface area contributed by atoms with Crippen LogP contribution in [-0.2, 0) is 0 Å². The quantitative estimate of drug-likeness (QED) is 0.486. The molecule has 8 nitrogen and oxygen atoms in total. The standard InChI is InChI=1S/C29H36N8/c1-19(2)28-24-16-22(6-8-26(24)33-21(5)17-32-28)25-10-11-30-29(34-25)35-27-9-7-23(18-31-27)37-14-12-36(13-15-37)20(3)4/h6-11,16,18-20,33H,5,12-15,17H2,1-4H3,(H,30,31,34,35). The van der Waals surface area contributed by atoms with Gasteiger partial charge in [0.2, 0.25) is 5.95 Å². The summed E-state index contributed by atoms with van der Waals surface area (Å²) in [4.78, 5) is 23.5. The second-order valence-electron chi connectivity index (χ2n) is 10.3. The predicted octanol–water partition coefficient (Wildman–Crippen LogP) is 5.20. The molecule has 1 aromatic carbocycles. The lowest BCUT2D eigenvalue weighted by Gasteiger charge is -2.38. The van der Waals surface area contributed by atoms with Gasteiger partial charge in [-0.15, -0.1) is 0 Å². The van der Waals surface area contributed by atoms with E-state index in [1.165, 1.54) is 0 Å². The van der Waals surface area contributed by atoms with Gasteiger partial charge in [0, 0.05) is 66.6 Å². The summed E-state index contributed by atoms with van der Waals surface area (Å²) in [7, 11) is 0. The molecule has 2 aliphatic rings. The smallest absolute Gasteiger partial charge is 0.228 e. The van der Waals surface area contributed by atoms with Gasteiger partial charge in [-0.2, -0.15) is 0 Å². The first-order valence-electron chi connectivity index (χ1n) is 13.1. The molecule has 0 spiro atoms. The molecule has 5 rings (SSSR count). The van der Waals surface area contributed by atoms with Crippen molar-refractivity contribution in [2.75, 3.05) is 48.3 Å². The van der Waals surface area contributed by atoms with Gasteiger partial charge < -0.3 is 15.5 Å². The summed E-state index contributed by atoms with van der Waals surface area (Å²) in [6.07, 6.45) is 3.70. The number of benzodiazepines with no additional fused rings is 1. The zero-order valence-corrected chi connectivity index (χ0v) is 22.2. The van der Waals surface area contributed by atoms with E-state index in [4.69, 9.17) is 9.98 Å². The molecule has 0 amide bonds. The van der Waals surface area contributed by atoms with E-state index in [2.05, 4.69) is 88.9 Å². The van der Waals surface area contributed by atoms with Crippen LogP contribution in [0, 0.1) is 5.92 Å². The lowest BCUT2D eigenvalue weighted by Crippen LogP contribution is -2.48. The number of pyridine rings is 1. The van der Waals surface area contributed by atoms with E-state index in [0.717, 1.165) is 71.6 Å². The first-order chi connectivity index (χ1) is 17.9. The van der Waals surface area contributed by atoms with Crippen LogP contribution in [0.1, 0.15) is 33.3 Å². The Labute approximate surface area is 219 Å². The SMILES string of the molecule is C=C1CN=C(C(C)C)c2cc(-c3ccnc(Nc4ccc(N5CCN(C(C)C)CC5)cn4)n3)ccc2N1. The monoisotopic (exact) mass is 496 g/mol. The van der Waals surface area contributed by atoms with E-state index < -0.39 is 0 Å². The van der Waals surface area contributed by atoms with Crippen LogP contribution in [0.3, 0.4) is 0 Å². The Balaban J connectivity index is 1.32. The molecular formula is C29H36N8. The fraction of sp³-hybridized carbons (Fsp3) is 0.379. The minimum absolute atomic E-state index is 0.303. The van der Waals surface area contributed by atoms with Crippen molar-refractivity contribution >= 4 is 28.9 Å². The van der Waals surface area contributed by atoms with Crippen molar-refractivity contribution in [3.63, 3.8) is 0 Å². The summed E-state index contributed by atoms with van der Waals surface area (Å²) < 4.78 is 0. The Hall–Kier alpha value is -3.78. The van der Waals surface area contributed by atoms with Crippen LogP contribution in [0.15, 0.2) is 66.1 Å². The number of benzene rings is 1. The molecule has 8 heteroatoms. The third kappa shape index (κ3) is 5.64. The molecule has 2 aromatic heterocycles. The van der Waals surface area contributed by atoms with Crippen molar-refractivity contribution in [1.82, 2.24) is 19.9 Å². The van der Waals surface area contributed by atoms with Gasteiger partial charge in [-0.1, -0.05) is 26.5 Å². The average Bonchev–Trinajstić information content (AvgIpc) is 3.07. The zero-order chi connectivity index (χ0) is 25.9. The van der Waals surface area contributed by atoms with Crippen molar-refractivity contribution < 1.29 is 0 Å². The number of rotatable bonds is 6. The van der Waals surface area contributed by atoms with Crippen LogP contribution in [0.4, 0.5) is 23.1 Å². The number of anilines is 4. The van der Waals surface area contributed by atoms with Crippen molar-refractivity contribution in [3.8, 4) is 11.3 Å². The topological polar surface area (TPSA) is 81.6 Å². The van der Waals surface area contributed by atoms with Gasteiger partial charge in [-0.3, -0.25) is 9.89 Å². The van der Waals surface area contributed by atoms with Gasteiger partial charge in [-0.25, -0.2) is 15.0 Å². The highest BCUT2D eigenvalue weighted by atomic mass is 15.3. The lowest BCUT2D eigenvalue weighted by atomic mass is 9.95. The Morgan fingerprint density at radius 2 is 1.78 bits per heavy atom. The summed E-state index contributed by atoms with van der Waals surface area (Å²) in [6, 6.07) is 12.9. The molecule has 0 saturated carbocycles. The molecule has 2 N–H and O–H groups in total. The highest BCUT2D eigenvalue weighted by molar-refractivity contribution is 6.07. The van der Waals surface area contributed by atoms with E-state index in [0.29, 0.717) is 24.5 Å². The second kappa shape index (κ2) is 10.7. The van der Waals surface area contributed by atoms with E-state index in [9.17, 15) is 0 Å². The highest BCUT2D eigenvalue weighted by Crippen LogP contribution is 2.30. The largest absolute Gasteiger partial charge is 0.368 e. The van der Waals surface area contributed by atoms with Crippen molar-refractivity contribution in [2.45, 2.75) is 33.7 Å². The third-order valence-electron chi connectivity index (χ3n) is 6.94. The predicted molar refractivity (Wildman–Crippen MR) is 153 cm³/mol. The Kier molecular flexibility index (Phi) is 7.19. The average molecular weight is 497 g/mol. The third-order valence-corrected chi connectivity index (χ3v) is 6.94. The maximum atomic E-state index is 4.80. The van der Waals surface area contributed by atoms with Crippen LogP contribution in [0.5, 0.6) is 0 Å². The first-order valence-corrected chi connectivity index (χ1v) is 13.1. The molecule has 0 aliphatic carbocycles. The summed E-state index contributed by atoms with van der Waals surface area (Å²) in [5.41, 5.74) is 7.08. The van der Waals surface area contributed by atoms with E-state index >= 15 is 0 Å². The maximum absolute atomic E-state index is 4.80. The lowest BCUT2D eigenvalue weighted by molar-refractivity contribution is 0.209. The number of nitrogens with one attached hydrogen (secondary N) is 2. The maximum Gasteiger partial charge on any atom is 0.228 e. The Morgan fingerprint density at radius 1 is 0.973 bits per heavy atom. The number of aromatic nitrogens is 3. The summed E-state index contributed by atoms with van der Waals surface area (Å²) in [5, 5.41) is 6.66. The normalized spacial score (nSPS) is 16.3. The molecule has 1 saturated heterocycles. The van der Waals surface area contributed by atoms with E-state index in [1.807, 2.05) is 18.3 Å². The summed E-state index contributed by atoms with van der Waals surface area (Å²) >= 11 is 0. The molecule has 37 heavy (non-hydrogen) atoms. The van der Waals surface area contributed by atoms with E-state index in [1.54, 1.807) is 6.20 Å². The molecule has 0 atom stereocenters. The molecule has 0 radical (unpaired) electrons. The van der Waals surface area contributed by atoms with Crippen molar-refractivity contribution in [3.05, 3.63) is 66.6 Å². The van der Waals surface area contributed by atoms with Gasteiger partial charge in [0.15, 0.2) is 0 Å². The molecular weight excluding hydrogens is 460 g/mol. The van der Waals surface area contributed by atoms with Crippen LogP contribution < -0.4 is 15.5 Å². The Morgan fingerprint density at radius 3 is 2.49 bits per heavy atom. The van der Waals surface area contributed by atoms with Crippen LogP contribution in [-0.4, -0.2) is 64.3 Å². The summed E-state index contributed by atoms with van der Waals surface area (Å²) in [5.74, 6) is 1.54. The Bertz CT molecular complexity index is 1290. The van der Waals surface area contributed by atoms with Gasteiger partial charge in [-0.05, 0) is 50.1 Å². The number of piperazine rings is 1. The molecule has 1 fully saturated rings. The fourth-order valence-electron chi connectivity index (χ4n) is 4.85. The highest BCUT2D eigenvalue weighted by Gasteiger charge is 2.20. The van der Waals surface area contributed by atoms with Gasteiger partial charge in [0.1, 0.15) is 5.82 Å². The van der Waals surface area contributed by atoms with E-state index in [-0.39, 0.29) is 0 Å². The van der Waals surface area contributed by atoms with Crippen LogP contribution >= 0.6 is 0 Å². The minimum Gasteiger partial charge on any atom is -0.368 e. The number of nitrogens with zero attached hydrogens (tertiary/aromatic N) is 6. The van der Waals surface area contributed by atoms with Crippen molar-refractivity contribution in [1.29, 1.82) is 0 Å². The fourth-order valence-corrected chi connectivity index (χ4v) is 4.85. The number of hydrogen-bond donors (Lipinski definition) is 2. The molecule has 3 aromatic rings. The first kappa shape index (κ1) is 24.9. The van der Waals surface area contributed by atoms with Gasteiger partial charge in [0.25, 0.3) is 0 Å². The van der Waals surface area contributed by atoms with Crippen LogP contribution in [0.2, 0.25) is 0 Å². The number of fused-ring (bicyclic) bond motifs is 1. The number of aliphatic imine (C=N–C) groups is 1. The second-order valence-corrected chi connectivity index (χ2v) is 10.3. The molecule has 4 heterocycles. The van der Waals surface area contributed by atoms with Gasteiger partial charge >= 0.3 is 0 Å². The summed E-state index contributed by atoms with van der Waals surface area (Å²) in [6.45, 7) is 17.7. The molecule has 2 aliphatic heterocycles. The molecule has 0 unspecified atom stereocenters. The minimum atomic E-state index is 0.303. The molecule has 192 valence electrons. The number of hydrogen-bond acceptors (Lipinski definition) is 8.